The summed E-state index contributed by atoms with van der Waals surface area (Å²) in [4.78, 5) is 13.0. The molecule has 1 aliphatic rings. The third-order valence-electron chi connectivity index (χ3n) is 5.88. The average molecular weight is 415 g/mol. The zero-order valence-electron chi connectivity index (χ0n) is 17.7. The number of anilines is 1. The minimum Gasteiger partial charge on any atom is -0.345 e. The quantitative estimate of drug-likeness (QED) is 0.772. The average Bonchev–Trinajstić information content (AvgIpc) is 2.70. The Labute approximate surface area is 174 Å². The summed E-state index contributed by atoms with van der Waals surface area (Å²) in [6, 6.07) is 11.7. The van der Waals surface area contributed by atoms with Crippen molar-refractivity contribution in [1.82, 2.24) is 5.32 Å². The number of benzene rings is 2. The normalized spacial score (nSPS) is 14.8. The minimum absolute atomic E-state index is 0.0783. The summed E-state index contributed by atoms with van der Waals surface area (Å²) >= 11 is 0. The molecule has 1 atom stereocenters. The molecule has 3 rings (SSSR count). The monoisotopic (exact) mass is 414 g/mol. The molecule has 1 amide bonds. The summed E-state index contributed by atoms with van der Waals surface area (Å²) in [5.41, 5.74) is 5.61. The van der Waals surface area contributed by atoms with Crippen LogP contribution in [0.1, 0.15) is 64.8 Å². The zero-order chi connectivity index (χ0) is 21.2. The van der Waals surface area contributed by atoms with Crippen LogP contribution in [0.2, 0.25) is 0 Å². The number of aryl methyl sites for hydroxylation is 2. The summed E-state index contributed by atoms with van der Waals surface area (Å²) in [6.45, 7) is 3.84. The van der Waals surface area contributed by atoms with E-state index in [1.165, 1.54) is 35.3 Å². The van der Waals surface area contributed by atoms with Crippen LogP contribution >= 0.6 is 0 Å². The molecule has 6 heteroatoms. The molecule has 0 spiro atoms. The first-order chi connectivity index (χ1) is 13.7. The van der Waals surface area contributed by atoms with Crippen LogP contribution in [-0.2, 0) is 22.9 Å². The van der Waals surface area contributed by atoms with Gasteiger partial charge in [-0.15, -0.1) is 0 Å². The van der Waals surface area contributed by atoms with Gasteiger partial charge in [-0.1, -0.05) is 31.2 Å². The van der Waals surface area contributed by atoms with Crippen molar-refractivity contribution in [1.29, 1.82) is 0 Å². The van der Waals surface area contributed by atoms with Crippen LogP contribution in [0.5, 0.6) is 0 Å². The fraction of sp³-hybridized carbons (Fsp3) is 0.435. The first-order valence-electron chi connectivity index (χ1n) is 10.2. The van der Waals surface area contributed by atoms with Crippen molar-refractivity contribution < 1.29 is 13.2 Å². The fourth-order valence-corrected chi connectivity index (χ4v) is 4.57. The highest BCUT2D eigenvalue weighted by molar-refractivity contribution is 7.92. The molecule has 1 N–H and O–H groups in total. The van der Waals surface area contributed by atoms with Gasteiger partial charge in [0.2, 0.25) is 10.0 Å². The fourth-order valence-electron chi connectivity index (χ4n) is 4.02. The van der Waals surface area contributed by atoms with Crippen LogP contribution in [-0.4, -0.2) is 27.6 Å². The maximum Gasteiger partial charge on any atom is 0.252 e. The predicted molar refractivity (Wildman–Crippen MR) is 118 cm³/mol. The Morgan fingerprint density at radius 3 is 2.48 bits per heavy atom. The molecule has 0 fully saturated rings. The van der Waals surface area contributed by atoms with Crippen LogP contribution in [0, 0.1) is 6.92 Å². The number of nitrogens with zero attached hydrogens (tertiary/aromatic N) is 1. The van der Waals surface area contributed by atoms with E-state index in [4.69, 9.17) is 0 Å². The Morgan fingerprint density at radius 2 is 1.83 bits per heavy atom. The van der Waals surface area contributed by atoms with Gasteiger partial charge in [0.05, 0.1) is 18.0 Å². The molecule has 1 aliphatic carbocycles. The molecule has 0 saturated heterocycles. The van der Waals surface area contributed by atoms with Gasteiger partial charge in [0.1, 0.15) is 0 Å². The smallest absolute Gasteiger partial charge is 0.252 e. The molecule has 156 valence electrons. The third-order valence-corrected chi connectivity index (χ3v) is 7.07. The lowest BCUT2D eigenvalue weighted by Gasteiger charge is -2.23. The van der Waals surface area contributed by atoms with Crippen LogP contribution in [0.25, 0.3) is 0 Å². The number of amides is 1. The van der Waals surface area contributed by atoms with Crippen molar-refractivity contribution in [2.45, 2.75) is 52.0 Å². The number of hydrogen-bond acceptors (Lipinski definition) is 3. The first-order valence-corrected chi connectivity index (χ1v) is 12.0. The van der Waals surface area contributed by atoms with Crippen LogP contribution in [0.15, 0.2) is 36.4 Å². The molecule has 0 saturated carbocycles. The van der Waals surface area contributed by atoms with Crippen molar-refractivity contribution >= 4 is 21.6 Å². The Morgan fingerprint density at radius 1 is 1.14 bits per heavy atom. The van der Waals surface area contributed by atoms with Gasteiger partial charge in [-0.2, -0.15) is 0 Å². The minimum atomic E-state index is -3.40. The van der Waals surface area contributed by atoms with Gasteiger partial charge < -0.3 is 5.32 Å². The first kappa shape index (κ1) is 21.4. The molecule has 0 bridgehead atoms. The molecule has 0 aliphatic heterocycles. The molecule has 0 aromatic heterocycles. The Bertz CT molecular complexity index is 1010. The molecular weight excluding hydrogens is 384 g/mol. The lowest BCUT2D eigenvalue weighted by atomic mass is 9.88. The van der Waals surface area contributed by atoms with Crippen molar-refractivity contribution in [3.63, 3.8) is 0 Å². The molecule has 29 heavy (non-hydrogen) atoms. The number of sulfonamides is 1. The van der Waals surface area contributed by atoms with Gasteiger partial charge in [-0.05, 0) is 73.4 Å². The molecule has 5 nitrogen and oxygen atoms in total. The second-order valence-corrected chi connectivity index (χ2v) is 9.86. The van der Waals surface area contributed by atoms with Gasteiger partial charge in [0.25, 0.3) is 5.91 Å². The highest BCUT2D eigenvalue weighted by Crippen LogP contribution is 2.28. The maximum absolute atomic E-state index is 13.0. The van der Waals surface area contributed by atoms with E-state index in [-0.39, 0.29) is 11.9 Å². The summed E-state index contributed by atoms with van der Waals surface area (Å²) in [7, 11) is -1.90. The van der Waals surface area contributed by atoms with E-state index in [1.54, 1.807) is 25.1 Å². The van der Waals surface area contributed by atoms with E-state index < -0.39 is 10.0 Å². The SMILES string of the molecule is CC[C@@H](NC(=O)c1cccc(N(C)S(C)(=O)=O)c1C)c1ccc2c(c1)CCCC2. The number of hydrogen-bond donors (Lipinski definition) is 1. The number of carbonyl (C=O) groups excluding carboxylic acids is 1. The lowest BCUT2D eigenvalue weighted by molar-refractivity contribution is 0.0935. The summed E-state index contributed by atoms with van der Waals surface area (Å²) in [6.07, 6.45) is 6.65. The zero-order valence-corrected chi connectivity index (χ0v) is 18.5. The number of rotatable bonds is 6. The van der Waals surface area contributed by atoms with Crippen LogP contribution < -0.4 is 9.62 Å². The molecule has 2 aromatic rings. The molecule has 0 unspecified atom stereocenters. The highest BCUT2D eigenvalue weighted by Gasteiger charge is 2.21. The van der Waals surface area contributed by atoms with E-state index in [0.29, 0.717) is 16.8 Å². The summed E-state index contributed by atoms with van der Waals surface area (Å²) in [5.74, 6) is -0.184. The second-order valence-electron chi connectivity index (χ2n) is 7.85. The van der Waals surface area contributed by atoms with Gasteiger partial charge in [0, 0.05) is 12.6 Å². The standard InChI is InChI=1S/C23H30N2O3S/c1-5-21(19-14-13-17-9-6-7-10-18(17)15-19)24-23(26)20-11-8-12-22(16(20)2)25(3)29(4,27)28/h8,11-15,21H,5-7,9-10H2,1-4H3,(H,24,26)/t21-/m1/s1. The topological polar surface area (TPSA) is 66.5 Å². The lowest BCUT2D eigenvalue weighted by Crippen LogP contribution is -2.30. The number of nitrogens with one attached hydrogen (secondary N) is 1. The van der Waals surface area contributed by atoms with Gasteiger partial charge in [0.15, 0.2) is 0 Å². The molecule has 0 radical (unpaired) electrons. The van der Waals surface area contributed by atoms with Gasteiger partial charge >= 0.3 is 0 Å². The molecular formula is C23H30N2O3S. The summed E-state index contributed by atoms with van der Waals surface area (Å²) in [5, 5.41) is 3.14. The molecule has 2 aromatic carbocycles. The van der Waals surface area contributed by atoms with Crippen LogP contribution in [0.3, 0.4) is 0 Å². The van der Waals surface area contributed by atoms with Gasteiger partial charge in [-0.3, -0.25) is 9.10 Å². The van der Waals surface area contributed by atoms with Crippen molar-refractivity contribution in [2.75, 3.05) is 17.6 Å². The molecule has 0 heterocycles. The third kappa shape index (κ3) is 4.64. The maximum atomic E-state index is 13.0. The van der Waals surface area contributed by atoms with E-state index in [0.717, 1.165) is 31.1 Å². The van der Waals surface area contributed by atoms with Gasteiger partial charge in [-0.25, -0.2) is 8.42 Å². The van der Waals surface area contributed by atoms with Crippen LogP contribution in [0.4, 0.5) is 5.69 Å². The van der Waals surface area contributed by atoms with Crippen molar-refractivity contribution in [2.24, 2.45) is 0 Å². The summed E-state index contributed by atoms with van der Waals surface area (Å²) < 4.78 is 25.0. The number of fused-ring (bicyclic) bond motifs is 1. The Kier molecular flexibility index (Phi) is 6.32. The van der Waals surface area contributed by atoms with Crippen molar-refractivity contribution in [3.05, 3.63) is 64.2 Å². The van der Waals surface area contributed by atoms with E-state index in [2.05, 4.69) is 30.4 Å². The van der Waals surface area contributed by atoms with Crippen molar-refractivity contribution in [3.8, 4) is 0 Å². The predicted octanol–water partition coefficient (Wildman–Crippen LogP) is 4.15. The van der Waals surface area contributed by atoms with E-state index >= 15 is 0 Å². The van der Waals surface area contributed by atoms with E-state index in [9.17, 15) is 13.2 Å². The Balaban J connectivity index is 1.85. The Hall–Kier alpha value is -2.34. The number of carbonyl (C=O) groups is 1. The largest absolute Gasteiger partial charge is 0.345 e. The highest BCUT2D eigenvalue weighted by atomic mass is 32.2. The van der Waals surface area contributed by atoms with E-state index in [1.807, 2.05) is 0 Å². The second kappa shape index (κ2) is 8.57.